The Bertz CT molecular complexity index is 274. The third kappa shape index (κ3) is 2.76. The van der Waals surface area contributed by atoms with Gasteiger partial charge in [-0.25, -0.2) is 0 Å². The number of rotatable bonds is 1. The summed E-state index contributed by atoms with van der Waals surface area (Å²) in [6.07, 6.45) is 0. The molecule has 0 radical (unpaired) electrons. The molecule has 0 saturated carbocycles. The fourth-order valence-electron chi connectivity index (χ4n) is 1.32. The average Bonchev–Trinajstić information content (AvgIpc) is 1.95. The second-order valence-corrected chi connectivity index (χ2v) is 4.52. The monoisotopic (exact) mass is 176 g/mol. The summed E-state index contributed by atoms with van der Waals surface area (Å²) >= 11 is 0. The van der Waals surface area contributed by atoms with Crippen molar-refractivity contribution >= 4 is 5.69 Å². The van der Waals surface area contributed by atoms with Crippen molar-refractivity contribution in [2.24, 2.45) is 0 Å². The smallest absolute Gasteiger partial charge is 0.0410 e. The normalized spacial score (nSPS) is 11.5. The lowest BCUT2D eigenvalue weighted by molar-refractivity contribution is 0.668. The quantitative estimate of drug-likeness (QED) is 0.611. The highest BCUT2D eigenvalue weighted by atomic mass is 15.0. The lowest BCUT2D eigenvalue weighted by atomic mass is 10.0. The molecule has 13 heavy (non-hydrogen) atoms. The molecule has 72 valence electrons. The van der Waals surface area contributed by atoms with Crippen LogP contribution in [-0.2, 0) is 0 Å². The largest absolute Gasteiger partial charge is 0.679 e. The van der Waals surface area contributed by atoms with E-state index in [1.165, 1.54) is 11.1 Å². The summed E-state index contributed by atoms with van der Waals surface area (Å²) in [5, 5.41) is 4.69. The van der Waals surface area contributed by atoms with E-state index in [9.17, 15) is 0 Å². The van der Waals surface area contributed by atoms with Crippen LogP contribution in [0.15, 0.2) is 18.2 Å². The van der Waals surface area contributed by atoms with Gasteiger partial charge in [0.1, 0.15) is 0 Å². The van der Waals surface area contributed by atoms with Crippen molar-refractivity contribution in [2.45, 2.75) is 40.2 Å². The highest BCUT2D eigenvalue weighted by molar-refractivity contribution is 5.61. The average molecular weight is 176 g/mol. The summed E-state index contributed by atoms with van der Waals surface area (Å²) in [5.41, 5.74) is 3.68. The minimum atomic E-state index is 0.0108. The molecule has 1 nitrogen and oxygen atoms in total. The van der Waals surface area contributed by atoms with E-state index in [0.29, 0.717) is 0 Å². The van der Waals surface area contributed by atoms with Crippen LogP contribution < -0.4 is 0 Å². The molecular weight excluding hydrogens is 158 g/mol. The first-order valence-corrected chi connectivity index (χ1v) is 4.69. The molecule has 0 bridgehead atoms. The van der Waals surface area contributed by atoms with Crippen molar-refractivity contribution in [2.75, 3.05) is 0 Å². The summed E-state index contributed by atoms with van der Waals surface area (Å²) < 4.78 is 0. The topological polar surface area (TPSA) is 14.1 Å². The second-order valence-electron chi connectivity index (χ2n) is 4.52. The molecule has 1 aromatic rings. The van der Waals surface area contributed by atoms with E-state index in [4.69, 9.17) is 5.32 Å². The maximum absolute atomic E-state index is 4.69. The Morgan fingerprint density at radius 1 is 1.00 bits per heavy atom. The maximum Gasteiger partial charge on any atom is -0.0410 e. The van der Waals surface area contributed by atoms with Crippen molar-refractivity contribution < 1.29 is 0 Å². The maximum atomic E-state index is 4.69. The minimum absolute atomic E-state index is 0.0108. The highest BCUT2D eigenvalue weighted by Crippen LogP contribution is 2.33. The SMILES string of the molecule is Cc1cccc(C)c1[N-]C(C)(C)C. The zero-order valence-electron chi connectivity index (χ0n) is 9.18. The van der Waals surface area contributed by atoms with E-state index in [1.807, 2.05) is 0 Å². The van der Waals surface area contributed by atoms with Crippen molar-refractivity contribution in [1.29, 1.82) is 0 Å². The number of benzene rings is 1. The Morgan fingerprint density at radius 3 is 1.85 bits per heavy atom. The molecule has 0 spiro atoms. The van der Waals surface area contributed by atoms with Crippen LogP contribution in [0.5, 0.6) is 0 Å². The van der Waals surface area contributed by atoms with Crippen LogP contribution in [0, 0.1) is 13.8 Å². The highest BCUT2D eigenvalue weighted by Gasteiger charge is 2.00. The molecule has 0 aliphatic rings. The Kier molecular flexibility index (Phi) is 2.65. The van der Waals surface area contributed by atoms with Gasteiger partial charge in [0, 0.05) is 0 Å². The Hall–Kier alpha value is -0.980. The van der Waals surface area contributed by atoms with Gasteiger partial charge in [0.2, 0.25) is 0 Å². The zero-order valence-corrected chi connectivity index (χ0v) is 9.18. The van der Waals surface area contributed by atoms with Gasteiger partial charge in [-0.05, 0) is 13.8 Å². The molecule has 1 rings (SSSR count). The van der Waals surface area contributed by atoms with E-state index >= 15 is 0 Å². The van der Waals surface area contributed by atoms with Crippen LogP contribution in [0.3, 0.4) is 0 Å². The molecule has 0 aliphatic carbocycles. The fraction of sp³-hybridized carbons (Fsp3) is 0.500. The summed E-state index contributed by atoms with van der Waals surface area (Å²) in [4.78, 5) is 0. The molecule has 1 heteroatoms. The van der Waals surface area contributed by atoms with Gasteiger partial charge in [0.15, 0.2) is 0 Å². The van der Waals surface area contributed by atoms with Crippen LogP contribution in [0.25, 0.3) is 5.32 Å². The standard InChI is InChI=1S/C12H18N/c1-9-7-6-8-10(2)11(9)13-12(3,4)5/h6-8H,1-5H3/q-1. The predicted octanol–water partition coefficient (Wildman–Crippen LogP) is 4.11. The van der Waals surface area contributed by atoms with Crippen LogP contribution in [0.1, 0.15) is 31.9 Å². The van der Waals surface area contributed by atoms with E-state index in [2.05, 4.69) is 52.8 Å². The third-order valence-electron chi connectivity index (χ3n) is 1.89. The Labute approximate surface area is 81.2 Å². The van der Waals surface area contributed by atoms with E-state index in [1.54, 1.807) is 0 Å². The molecule has 0 amide bonds. The first-order chi connectivity index (χ1) is 5.90. The molecule has 0 aromatic heterocycles. The van der Waals surface area contributed by atoms with Crippen LogP contribution in [0.2, 0.25) is 0 Å². The van der Waals surface area contributed by atoms with Crippen molar-refractivity contribution in [1.82, 2.24) is 0 Å². The lowest BCUT2D eigenvalue weighted by Crippen LogP contribution is -2.10. The molecule has 0 saturated heterocycles. The van der Waals surface area contributed by atoms with Gasteiger partial charge >= 0.3 is 0 Å². The second kappa shape index (κ2) is 3.41. The summed E-state index contributed by atoms with van der Waals surface area (Å²) in [7, 11) is 0. The number of para-hydroxylation sites is 1. The molecule has 0 unspecified atom stereocenters. The molecule has 0 aliphatic heterocycles. The van der Waals surface area contributed by atoms with Crippen molar-refractivity contribution in [3.8, 4) is 0 Å². The summed E-state index contributed by atoms with van der Waals surface area (Å²) in [6, 6.07) is 6.29. The summed E-state index contributed by atoms with van der Waals surface area (Å²) in [5.74, 6) is 0. The molecule has 0 atom stereocenters. The Morgan fingerprint density at radius 2 is 1.46 bits per heavy atom. The minimum Gasteiger partial charge on any atom is -0.679 e. The first kappa shape index (κ1) is 10.1. The van der Waals surface area contributed by atoms with Crippen LogP contribution in [-0.4, -0.2) is 5.54 Å². The van der Waals surface area contributed by atoms with Gasteiger partial charge in [-0.15, -0.1) is 11.2 Å². The van der Waals surface area contributed by atoms with Crippen molar-refractivity contribution in [3.63, 3.8) is 0 Å². The lowest BCUT2D eigenvalue weighted by Gasteiger charge is -2.40. The van der Waals surface area contributed by atoms with Gasteiger partial charge in [0.25, 0.3) is 0 Å². The van der Waals surface area contributed by atoms with Crippen LogP contribution in [0.4, 0.5) is 5.69 Å². The fourth-order valence-corrected chi connectivity index (χ4v) is 1.32. The van der Waals surface area contributed by atoms with Gasteiger partial charge in [-0.1, -0.05) is 50.1 Å². The summed E-state index contributed by atoms with van der Waals surface area (Å²) in [6.45, 7) is 10.6. The van der Waals surface area contributed by atoms with E-state index < -0.39 is 0 Å². The van der Waals surface area contributed by atoms with E-state index in [-0.39, 0.29) is 5.54 Å². The third-order valence-corrected chi connectivity index (χ3v) is 1.89. The Balaban J connectivity index is 3.00. The van der Waals surface area contributed by atoms with E-state index in [0.717, 1.165) is 5.69 Å². The zero-order chi connectivity index (χ0) is 10.1. The molecule has 1 aromatic carbocycles. The predicted molar refractivity (Wildman–Crippen MR) is 58.7 cm³/mol. The van der Waals surface area contributed by atoms with Crippen LogP contribution >= 0.6 is 0 Å². The molecule has 0 N–H and O–H groups in total. The number of aryl methyl sites for hydroxylation is 2. The first-order valence-electron chi connectivity index (χ1n) is 4.69. The van der Waals surface area contributed by atoms with Gasteiger partial charge in [-0.3, -0.25) is 0 Å². The van der Waals surface area contributed by atoms with Gasteiger partial charge in [0.05, 0.1) is 0 Å². The van der Waals surface area contributed by atoms with Crippen molar-refractivity contribution in [3.05, 3.63) is 34.6 Å². The molecule has 0 heterocycles. The number of nitrogens with zero attached hydrogens (tertiary/aromatic N) is 1. The molecular formula is C12H18N-. The van der Waals surface area contributed by atoms with Gasteiger partial charge < -0.3 is 5.32 Å². The molecule has 0 fully saturated rings. The van der Waals surface area contributed by atoms with Gasteiger partial charge in [-0.2, -0.15) is 0 Å². The number of hydrogen-bond acceptors (Lipinski definition) is 0. The number of hydrogen-bond donors (Lipinski definition) is 0.